The van der Waals surface area contributed by atoms with Gasteiger partial charge in [-0.05, 0) is 19.8 Å². The van der Waals surface area contributed by atoms with Gasteiger partial charge < -0.3 is 5.11 Å². The molecule has 13 heavy (non-hydrogen) atoms. The first-order chi connectivity index (χ1) is 6.06. The Morgan fingerprint density at radius 2 is 2.31 bits per heavy atom. The number of carboxylic acids is 1. The minimum absolute atomic E-state index is 0.613. The second-order valence-electron chi connectivity index (χ2n) is 3.69. The highest BCUT2D eigenvalue weighted by Gasteiger charge is 2.53. The second kappa shape index (κ2) is 2.34. The number of rotatable bonds is 2. The summed E-state index contributed by atoms with van der Waals surface area (Å²) in [7, 11) is 1.81. The molecule has 1 fully saturated rings. The van der Waals surface area contributed by atoms with Gasteiger partial charge in [-0.15, -0.1) is 0 Å². The Balaban J connectivity index is 2.46. The Morgan fingerprint density at radius 3 is 2.62 bits per heavy atom. The van der Waals surface area contributed by atoms with Crippen molar-refractivity contribution in [3.8, 4) is 0 Å². The van der Waals surface area contributed by atoms with Crippen molar-refractivity contribution in [1.82, 2.24) is 9.78 Å². The van der Waals surface area contributed by atoms with Crippen LogP contribution in [0.2, 0.25) is 0 Å². The first kappa shape index (κ1) is 8.29. The summed E-state index contributed by atoms with van der Waals surface area (Å²) in [4.78, 5) is 11.0. The fourth-order valence-electron chi connectivity index (χ4n) is 1.79. The van der Waals surface area contributed by atoms with Crippen LogP contribution in [0.4, 0.5) is 0 Å². The Morgan fingerprint density at radius 1 is 1.69 bits per heavy atom. The van der Waals surface area contributed by atoms with Crippen LogP contribution in [0.1, 0.15) is 24.1 Å². The third-order valence-corrected chi connectivity index (χ3v) is 2.69. The standard InChI is InChI=1S/C9H12N2O2/c1-6-7(5-11(2)10-6)9(3-4-9)8(12)13/h5H,3-4H2,1-2H3,(H,12,13). The van der Waals surface area contributed by atoms with Gasteiger partial charge in [0.2, 0.25) is 0 Å². The van der Waals surface area contributed by atoms with E-state index in [1.165, 1.54) is 0 Å². The van der Waals surface area contributed by atoms with Gasteiger partial charge in [0.25, 0.3) is 0 Å². The van der Waals surface area contributed by atoms with Gasteiger partial charge in [-0.2, -0.15) is 5.10 Å². The van der Waals surface area contributed by atoms with E-state index in [2.05, 4.69) is 5.10 Å². The topological polar surface area (TPSA) is 55.1 Å². The molecular formula is C9H12N2O2. The van der Waals surface area contributed by atoms with Crippen molar-refractivity contribution in [2.45, 2.75) is 25.2 Å². The number of aromatic nitrogens is 2. The first-order valence-electron chi connectivity index (χ1n) is 4.30. The largest absolute Gasteiger partial charge is 0.481 e. The third kappa shape index (κ3) is 1.05. The molecule has 0 saturated heterocycles. The number of aryl methyl sites for hydroxylation is 2. The monoisotopic (exact) mass is 180 g/mol. The van der Waals surface area contributed by atoms with E-state index in [-0.39, 0.29) is 0 Å². The summed E-state index contributed by atoms with van der Waals surface area (Å²) in [5, 5.41) is 13.2. The molecule has 1 aliphatic carbocycles. The van der Waals surface area contributed by atoms with Crippen molar-refractivity contribution in [3.05, 3.63) is 17.5 Å². The van der Waals surface area contributed by atoms with E-state index in [1.807, 2.05) is 20.2 Å². The van der Waals surface area contributed by atoms with Crippen molar-refractivity contribution < 1.29 is 9.90 Å². The highest BCUT2D eigenvalue weighted by molar-refractivity contribution is 5.85. The maximum absolute atomic E-state index is 11.0. The molecule has 4 nitrogen and oxygen atoms in total. The van der Waals surface area contributed by atoms with Gasteiger partial charge in [-0.3, -0.25) is 9.48 Å². The summed E-state index contributed by atoms with van der Waals surface area (Å²) in [6.07, 6.45) is 3.31. The summed E-state index contributed by atoms with van der Waals surface area (Å²) < 4.78 is 1.67. The number of hydrogen-bond donors (Lipinski definition) is 1. The van der Waals surface area contributed by atoms with Crippen LogP contribution in [0, 0.1) is 6.92 Å². The minimum atomic E-state index is -0.719. The normalized spacial score (nSPS) is 18.6. The summed E-state index contributed by atoms with van der Waals surface area (Å²) >= 11 is 0. The zero-order valence-corrected chi connectivity index (χ0v) is 7.74. The van der Waals surface area contributed by atoms with Gasteiger partial charge in [0, 0.05) is 18.8 Å². The zero-order chi connectivity index (χ0) is 9.64. The number of nitrogens with zero attached hydrogens (tertiary/aromatic N) is 2. The predicted octanol–water partition coefficient (Wildman–Crippen LogP) is 0.845. The van der Waals surface area contributed by atoms with Crippen molar-refractivity contribution in [2.75, 3.05) is 0 Å². The van der Waals surface area contributed by atoms with Gasteiger partial charge in [-0.1, -0.05) is 0 Å². The van der Waals surface area contributed by atoms with Gasteiger partial charge in [0.15, 0.2) is 0 Å². The molecule has 1 heterocycles. The second-order valence-corrected chi connectivity index (χ2v) is 3.69. The van der Waals surface area contributed by atoms with Crippen molar-refractivity contribution in [1.29, 1.82) is 0 Å². The number of aliphatic carboxylic acids is 1. The molecule has 1 aliphatic rings. The van der Waals surface area contributed by atoms with Crippen molar-refractivity contribution in [3.63, 3.8) is 0 Å². The lowest BCUT2D eigenvalue weighted by Crippen LogP contribution is -2.19. The Bertz CT molecular complexity index is 364. The van der Waals surface area contributed by atoms with E-state index in [0.717, 1.165) is 24.1 Å². The predicted molar refractivity (Wildman–Crippen MR) is 46.5 cm³/mol. The van der Waals surface area contributed by atoms with Crippen molar-refractivity contribution in [2.24, 2.45) is 7.05 Å². The first-order valence-corrected chi connectivity index (χ1v) is 4.30. The van der Waals surface area contributed by atoms with E-state index in [4.69, 9.17) is 5.11 Å². The van der Waals surface area contributed by atoms with E-state index < -0.39 is 11.4 Å². The molecule has 0 spiro atoms. The minimum Gasteiger partial charge on any atom is -0.481 e. The molecule has 1 aromatic heterocycles. The number of carbonyl (C=O) groups is 1. The van der Waals surface area contributed by atoms with Crippen LogP contribution in [0.15, 0.2) is 6.20 Å². The Hall–Kier alpha value is -1.32. The highest BCUT2D eigenvalue weighted by atomic mass is 16.4. The Kier molecular flexibility index (Phi) is 1.49. The molecule has 0 unspecified atom stereocenters. The average Bonchev–Trinajstić information content (AvgIpc) is 2.75. The summed E-state index contributed by atoms with van der Waals surface area (Å²) in [6.45, 7) is 1.86. The summed E-state index contributed by atoms with van der Waals surface area (Å²) in [5.41, 5.74) is 1.10. The van der Waals surface area contributed by atoms with E-state index in [1.54, 1.807) is 4.68 Å². The molecule has 2 rings (SSSR count). The summed E-state index contributed by atoms with van der Waals surface area (Å²) in [6, 6.07) is 0. The van der Waals surface area contributed by atoms with Crippen LogP contribution in [-0.4, -0.2) is 20.9 Å². The van der Waals surface area contributed by atoms with Gasteiger partial charge in [-0.25, -0.2) is 0 Å². The van der Waals surface area contributed by atoms with E-state index >= 15 is 0 Å². The van der Waals surface area contributed by atoms with Crippen LogP contribution < -0.4 is 0 Å². The lowest BCUT2D eigenvalue weighted by Gasteiger charge is -2.06. The molecule has 1 N–H and O–H groups in total. The maximum atomic E-state index is 11.0. The molecule has 1 saturated carbocycles. The molecule has 0 amide bonds. The van der Waals surface area contributed by atoms with Gasteiger partial charge in [0.1, 0.15) is 0 Å². The van der Waals surface area contributed by atoms with Crippen molar-refractivity contribution >= 4 is 5.97 Å². The van der Waals surface area contributed by atoms with Crippen LogP contribution >= 0.6 is 0 Å². The summed E-state index contributed by atoms with van der Waals surface area (Å²) in [5.74, 6) is -0.719. The quantitative estimate of drug-likeness (QED) is 0.733. The molecule has 70 valence electrons. The zero-order valence-electron chi connectivity index (χ0n) is 7.74. The molecule has 0 bridgehead atoms. The Labute approximate surface area is 76.2 Å². The van der Waals surface area contributed by atoms with Crippen LogP contribution in [0.3, 0.4) is 0 Å². The van der Waals surface area contributed by atoms with E-state index in [0.29, 0.717) is 0 Å². The molecule has 0 aliphatic heterocycles. The lowest BCUT2D eigenvalue weighted by atomic mass is 9.97. The SMILES string of the molecule is Cc1nn(C)cc1C1(C(=O)O)CC1. The highest BCUT2D eigenvalue weighted by Crippen LogP contribution is 2.49. The molecular weight excluding hydrogens is 168 g/mol. The van der Waals surface area contributed by atoms with E-state index in [9.17, 15) is 4.79 Å². The van der Waals surface area contributed by atoms with Gasteiger partial charge in [0.05, 0.1) is 11.1 Å². The smallest absolute Gasteiger partial charge is 0.314 e. The molecule has 1 aromatic rings. The number of hydrogen-bond acceptors (Lipinski definition) is 2. The fourth-order valence-corrected chi connectivity index (χ4v) is 1.79. The van der Waals surface area contributed by atoms with Gasteiger partial charge >= 0.3 is 5.97 Å². The molecule has 4 heteroatoms. The van der Waals surface area contributed by atoms with Crippen LogP contribution in [0.25, 0.3) is 0 Å². The molecule has 0 aromatic carbocycles. The third-order valence-electron chi connectivity index (χ3n) is 2.69. The fraction of sp³-hybridized carbons (Fsp3) is 0.556. The number of carboxylic acid groups (broad SMARTS) is 1. The van der Waals surface area contributed by atoms with Crippen LogP contribution in [0.5, 0.6) is 0 Å². The molecule has 0 radical (unpaired) electrons. The van der Waals surface area contributed by atoms with Crippen LogP contribution in [-0.2, 0) is 17.3 Å². The average molecular weight is 180 g/mol. The molecule has 0 atom stereocenters. The maximum Gasteiger partial charge on any atom is 0.314 e. The lowest BCUT2D eigenvalue weighted by molar-refractivity contribution is -0.140.